The number of carbonyl (C=O) groups is 2. The third-order valence-electron chi connectivity index (χ3n) is 4.21. The number of likely N-dealkylation sites (tertiary alicyclic amines) is 1. The molecule has 0 unspecified atom stereocenters. The van der Waals surface area contributed by atoms with Crippen molar-refractivity contribution in [3.8, 4) is 5.82 Å². The first-order valence-corrected chi connectivity index (χ1v) is 8.54. The van der Waals surface area contributed by atoms with Gasteiger partial charge in [0.25, 0.3) is 0 Å². The third kappa shape index (κ3) is 4.04. The highest BCUT2D eigenvalue weighted by Crippen LogP contribution is 2.19. The zero-order valence-electron chi connectivity index (χ0n) is 14.6. The van der Waals surface area contributed by atoms with Crippen LogP contribution in [0.1, 0.15) is 25.8 Å². The lowest BCUT2D eigenvalue weighted by Crippen LogP contribution is -2.34. The maximum Gasteiger partial charge on any atom is 0.225 e. The molecule has 1 N–H and O–H groups in total. The Morgan fingerprint density at radius 1 is 1.36 bits per heavy atom. The van der Waals surface area contributed by atoms with Crippen LogP contribution < -0.4 is 5.32 Å². The van der Waals surface area contributed by atoms with Gasteiger partial charge < -0.3 is 10.2 Å². The summed E-state index contributed by atoms with van der Waals surface area (Å²) >= 11 is 0. The molecule has 0 saturated carbocycles. The summed E-state index contributed by atoms with van der Waals surface area (Å²) in [6, 6.07) is 5.57. The summed E-state index contributed by atoms with van der Waals surface area (Å²) in [4.78, 5) is 30.6. The van der Waals surface area contributed by atoms with Gasteiger partial charge in [-0.25, -0.2) is 9.67 Å². The van der Waals surface area contributed by atoms with E-state index in [-0.39, 0.29) is 24.2 Å². The zero-order chi connectivity index (χ0) is 17.8. The lowest BCUT2D eigenvalue weighted by atomic mass is 10.1. The number of carbonyl (C=O) groups excluding carboxylic acids is 2. The minimum atomic E-state index is -0.281. The first-order chi connectivity index (χ1) is 12.0. The molecule has 0 bridgehead atoms. The number of hydrogen-bond acceptors (Lipinski definition) is 4. The largest absolute Gasteiger partial charge is 0.352 e. The van der Waals surface area contributed by atoms with Gasteiger partial charge in [-0.1, -0.05) is 19.9 Å². The Balaban J connectivity index is 1.61. The van der Waals surface area contributed by atoms with Crippen LogP contribution >= 0.6 is 0 Å². The molecule has 1 saturated heterocycles. The van der Waals surface area contributed by atoms with Crippen LogP contribution in [0.3, 0.4) is 0 Å². The molecule has 1 aliphatic rings. The number of nitrogens with zero attached hydrogens (tertiary/aromatic N) is 4. The summed E-state index contributed by atoms with van der Waals surface area (Å²) in [5, 5.41) is 7.13. The second kappa shape index (κ2) is 7.46. The molecule has 3 rings (SSSR count). The fraction of sp³-hybridized carbons (Fsp3) is 0.444. The fourth-order valence-corrected chi connectivity index (χ4v) is 3.06. The van der Waals surface area contributed by atoms with E-state index in [1.165, 1.54) is 0 Å². The van der Waals surface area contributed by atoms with Gasteiger partial charge in [-0.05, 0) is 18.1 Å². The van der Waals surface area contributed by atoms with Crippen molar-refractivity contribution in [3.05, 3.63) is 42.4 Å². The SMILES string of the molecule is CC(C)CN1C[C@H](C(=O)NCc2cccnc2-n2cccn2)CC1=O. The fourth-order valence-electron chi connectivity index (χ4n) is 3.06. The van der Waals surface area contributed by atoms with Crippen molar-refractivity contribution in [3.63, 3.8) is 0 Å². The minimum Gasteiger partial charge on any atom is -0.352 e. The molecule has 1 fully saturated rings. The van der Waals surface area contributed by atoms with Gasteiger partial charge in [-0.2, -0.15) is 5.10 Å². The normalized spacial score (nSPS) is 17.3. The molecule has 1 atom stereocenters. The van der Waals surface area contributed by atoms with E-state index in [1.807, 2.05) is 24.4 Å². The van der Waals surface area contributed by atoms with Crippen molar-refractivity contribution < 1.29 is 9.59 Å². The maximum atomic E-state index is 12.5. The predicted molar refractivity (Wildman–Crippen MR) is 92.7 cm³/mol. The van der Waals surface area contributed by atoms with E-state index in [0.717, 1.165) is 5.56 Å². The number of rotatable bonds is 6. The molecule has 25 heavy (non-hydrogen) atoms. The quantitative estimate of drug-likeness (QED) is 0.861. The Morgan fingerprint density at radius 3 is 2.92 bits per heavy atom. The van der Waals surface area contributed by atoms with Gasteiger partial charge in [0.1, 0.15) is 0 Å². The smallest absolute Gasteiger partial charge is 0.225 e. The van der Waals surface area contributed by atoms with E-state index >= 15 is 0 Å². The number of aromatic nitrogens is 3. The van der Waals surface area contributed by atoms with Crippen molar-refractivity contribution in [2.45, 2.75) is 26.8 Å². The van der Waals surface area contributed by atoms with Gasteiger partial charge in [-0.15, -0.1) is 0 Å². The standard InChI is InChI=1S/C18H23N5O2/c1-13(2)11-22-12-15(9-16(22)24)18(25)20-10-14-5-3-6-19-17(14)23-8-4-7-21-23/h3-8,13,15H,9-12H2,1-2H3,(H,20,25)/t15-/m1/s1. The zero-order valence-corrected chi connectivity index (χ0v) is 14.6. The molecule has 2 aromatic heterocycles. The van der Waals surface area contributed by atoms with Crippen molar-refractivity contribution >= 4 is 11.8 Å². The average molecular weight is 341 g/mol. The number of pyridine rings is 1. The van der Waals surface area contributed by atoms with E-state index in [9.17, 15) is 9.59 Å². The number of nitrogens with one attached hydrogen (secondary N) is 1. The Hall–Kier alpha value is -2.70. The second-order valence-corrected chi connectivity index (χ2v) is 6.75. The Bertz CT molecular complexity index is 742. The molecule has 0 radical (unpaired) electrons. The molecule has 0 aliphatic carbocycles. The molecule has 2 aromatic rings. The molecule has 3 heterocycles. The average Bonchev–Trinajstić information content (AvgIpc) is 3.23. The van der Waals surface area contributed by atoms with Crippen molar-refractivity contribution in [2.75, 3.05) is 13.1 Å². The highest BCUT2D eigenvalue weighted by atomic mass is 16.2. The van der Waals surface area contributed by atoms with Crippen molar-refractivity contribution in [1.29, 1.82) is 0 Å². The lowest BCUT2D eigenvalue weighted by molar-refractivity contribution is -0.129. The van der Waals surface area contributed by atoms with Crippen LogP contribution in [0, 0.1) is 11.8 Å². The van der Waals surface area contributed by atoms with E-state index in [1.54, 1.807) is 22.0 Å². The predicted octanol–water partition coefficient (Wildman–Crippen LogP) is 1.39. The van der Waals surface area contributed by atoms with Crippen LogP contribution in [0.4, 0.5) is 0 Å². The van der Waals surface area contributed by atoms with Gasteiger partial charge in [0.05, 0.1) is 5.92 Å². The molecule has 0 spiro atoms. The first kappa shape index (κ1) is 17.1. The summed E-state index contributed by atoms with van der Waals surface area (Å²) in [7, 11) is 0. The summed E-state index contributed by atoms with van der Waals surface area (Å²) in [5.41, 5.74) is 0.878. The molecular formula is C18H23N5O2. The van der Waals surface area contributed by atoms with E-state index < -0.39 is 0 Å². The van der Waals surface area contributed by atoms with Crippen LogP contribution in [0.2, 0.25) is 0 Å². The molecule has 1 aliphatic heterocycles. The van der Waals surface area contributed by atoms with Crippen LogP contribution in [0.15, 0.2) is 36.8 Å². The van der Waals surface area contributed by atoms with Crippen LogP contribution in [0.25, 0.3) is 5.82 Å². The molecule has 2 amide bonds. The molecule has 7 heteroatoms. The molecular weight excluding hydrogens is 318 g/mol. The topological polar surface area (TPSA) is 80.1 Å². The monoisotopic (exact) mass is 341 g/mol. The summed E-state index contributed by atoms with van der Waals surface area (Å²) in [6.45, 7) is 5.70. The highest BCUT2D eigenvalue weighted by molar-refractivity contribution is 5.89. The summed E-state index contributed by atoms with van der Waals surface area (Å²) < 4.78 is 1.67. The molecule has 0 aromatic carbocycles. The van der Waals surface area contributed by atoms with Gasteiger partial charge in [0, 0.05) is 50.2 Å². The highest BCUT2D eigenvalue weighted by Gasteiger charge is 2.34. The molecule has 7 nitrogen and oxygen atoms in total. The Labute approximate surface area is 147 Å². The number of hydrogen-bond donors (Lipinski definition) is 1. The van der Waals surface area contributed by atoms with Crippen LogP contribution in [-0.4, -0.2) is 44.6 Å². The maximum absolute atomic E-state index is 12.5. The second-order valence-electron chi connectivity index (χ2n) is 6.75. The van der Waals surface area contributed by atoms with Crippen LogP contribution in [-0.2, 0) is 16.1 Å². The minimum absolute atomic E-state index is 0.0625. The first-order valence-electron chi connectivity index (χ1n) is 8.54. The van der Waals surface area contributed by atoms with Crippen molar-refractivity contribution in [1.82, 2.24) is 25.0 Å². The Kier molecular flexibility index (Phi) is 5.11. The van der Waals surface area contributed by atoms with Gasteiger partial charge in [-0.3, -0.25) is 9.59 Å². The van der Waals surface area contributed by atoms with E-state index in [4.69, 9.17) is 0 Å². The van der Waals surface area contributed by atoms with Gasteiger partial charge in [0.2, 0.25) is 11.8 Å². The number of amides is 2. The van der Waals surface area contributed by atoms with Gasteiger partial charge in [0.15, 0.2) is 5.82 Å². The summed E-state index contributed by atoms with van der Waals surface area (Å²) in [5.74, 6) is 0.785. The van der Waals surface area contributed by atoms with Crippen LogP contribution in [0.5, 0.6) is 0 Å². The Morgan fingerprint density at radius 2 is 2.20 bits per heavy atom. The van der Waals surface area contributed by atoms with E-state index in [0.29, 0.717) is 31.4 Å². The molecule has 132 valence electrons. The third-order valence-corrected chi connectivity index (χ3v) is 4.21. The summed E-state index contributed by atoms with van der Waals surface area (Å²) in [6.07, 6.45) is 5.48. The van der Waals surface area contributed by atoms with E-state index in [2.05, 4.69) is 29.2 Å². The van der Waals surface area contributed by atoms with Gasteiger partial charge >= 0.3 is 0 Å². The lowest BCUT2D eigenvalue weighted by Gasteiger charge is -2.18. The van der Waals surface area contributed by atoms with Crippen molar-refractivity contribution in [2.24, 2.45) is 11.8 Å².